The number of amides is 1. The van der Waals surface area contributed by atoms with Crippen LogP contribution in [0.25, 0.3) is 11.3 Å². The zero-order valence-corrected chi connectivity index (χ0v) is 15.9. The third kappa shape index (κ3) is 4.92. The molecule has 0 radical (unpaired) electrons. The molecule has 0 atom stereocenters. The quantitative estimate of drug-likeness (QED) is 0.576. The van der Waals surface area contributed by atoms with E-state index in [0.29, 0.717) is 39.9 Å². The maximum atomic E-state index is 12.0. The van der Waals surface area contributed by atoms with Crippen molar-refractivity contribution in [2.45, 2.75) is 6.54 Å². The van der Waals surface area contributed by atoms with Gasteiger partial charge >= 0.3 is 0 Å². The summed E-state index contributed by atoms with van der Waals surface area (Å²) in [6.45, 7) is 0.0402. The number of benzene rings is 2. The van der Waals surface area contributed by atoms with Crippen LogP contribution in [0.4, 0.5) is 0 Å². The molecule has 0 aliphatic rings. The number of hydrogen-bond acceptors (Lipinski definition) is 5. The Hall–Kier alpha value is -3.25. The van der Waals surface area contributed by atoms with Crippen molar-refractivity contribution in [1.29, 1.82) is 0 Å². The number of hydrogen-bond donors (Lipinski definition) is 1. The fourth-order valence-corrected chi connectivity index (χ4v) is 2.62. The first-order valence-corrected chi connectivity index (χ1v) is 8.84. The van der Waals surface area contributed by atoms with Gasteiger partial charge in [0.25, 0.3) is 5.91 Å². The molecular formula is C21H18ClNO5. The number of carbonyl (C=O) groups excluding carboxylic acids is 2. The minimum absolute atomic E-state index is 0.193. The molecule has 6 nitrogen and oxygen atoms in total. The lowest BCUT2D eigenvalue weighted by molar-refractivity contribution is -0.123. The Morgan fingerprint density at radius 1 is 1.11 bits per heavy atom. The number of methoxy groups -OCH3 is 1. The van der Waals surface area contributed by atoms with Crippen LogP contribution in [-0.4, -0.2) is 25.9 Å². The van der Waals surface area contributed by atoms with Crippen molar-refractivity contribution in [1.82, 2.24) is 5.32 Å². The maximum absolute atomic E-state index is 12.0. The van der Waals surface area contributed by atoms with Crippen LogP contribution in [0.15, 0.2) is 59.0 Å². The van der Waals surface area contributed by atoms with Gasteiger partial charge in [-0.3, -0.25) is 9.59 Å². The Kier molecular flexibility index (Phi) is 6.34. The van der Waals surface area contributed by atoms with Crippen molar-refractivity contribution in [2.24, 2.45) is 0 Å². The van der Waals surface area contributed by atoms with Crippen LogP contribution < -0.4 is 14.8 Å². The van der Waals surface area contributed by atoms with E-state index in [0.717, 1.165) is 5.56 Å². The van der Waals surface area contributed by atoms with Crippen LogP contribution in [-0.2, 0) is 11.3 Å². The first kappa shape index (κ1) is 19.5. The Balaban J connectivity index is 1.52. The lowest BCUT2D eigenvalue weighted by Crippen LogP contribution is -2.28. The number of ether oxygens (including phenoxy) is 2. The van der Waals surface area contributed by atoms with Crippen LogP contribution in [0.2, 0.25) is 5.02 Å². The lowest BCUT2D eigenvalue weighted by atomic mass is 10.2. The van der Waals surface area contributed by atoms with Gasteiger partial charge in [0.05, 0.1) is 13.7 Å². The molecule has 28 heavy (non-hydrogen) atoms. The molecule has 0 bridgehead atoms. The van der Waals surface area contributed by atoms with Gasteiger partial charge in [0.1, 0.15) is 17.8 Å². The van der Waals surface area contributed by atoms with E-state index >= 15 is 0 Å². The first-order chi connectivity index (χ1) is 13.6. The molecule has 1 N–H and O–H groups in total. The van der Waals surface area contributed by atoms with Gasteiger partial charge in [0.2, 0.25) is 0 Å². The molecule has 7 heteroatoms. The normalized spacial score (nSPS) is 10.4. The minimum Gasteiger partial charge on any atom is -0.493 e. The largest absolute Gasteiger partial charge is 0.493 e. The van der Waals surface area contributed by atoms with E-state index in [4.69, 9.17) is 25.5 Å². The van der Waals surface area contributed by atoms with Crippen molar-refractivity contribution in [3.8, 4) is 22.8 Å². The molecule has 0 spiro atoms. The molecule has 3 aromatic rings. The molecule has 144 valence electrons. The highest BCUT2D eigenvalue weighted by molar-refractivity contribution is 6.30. The highest BCUT2D eigenvalue weighted by atomic mass is 35.5. The van der Waals surface area contributed by atoms with E-state index in [1.54, 1.807) is 36.4 Å². The van der Waals surface area contributed by atoms with Gasteiger partial charge in [0, 0.05) is 16.1 Å². The van der Waals surface area contributed by atoms with Gasteiger partial charge in [-0.15, -0.1) is 0 Å². The van der Waals surface area contributed by atoms with Crippen molar-refractivity contribution in [3.63, 3.8) is 0 Å². The highest BCUT2D eigenvalue weighted by Gasteiger charge is 2.10. The van der Waals surface area contributed by atoms with E-state index in [1.165, 1.54) is 7.11 Å². The van der Waals surface area contributed by atoms with Gasteiger partial charge in [0.15, 0.2) is 18.1 Å². The summed E-state index contributed by atoms with van der Waals surface area (Å²) in [6, 6.07) is 15.6. The number of aldehydes is 1. The van der Waals surface area contributed by atoms with Crippen LogP contribution >= 0.6 is 11.6 Å². The predicted octanol–water partition coefficient (Wildman–Crippen LogP) is 4.12. The third-order valence-corrected chi connectivity index (χ3v) is 4.18. The van der Waals surface area contributed by atoms with Gasteiger partial charge in [-0.05, 0) is 54.6 Å². The van der Waals surface area contributed by atoms with E-state index in [9.17, 15) is 9.59 Å². The van der Waals surface area contributed by atoms with Crippen LogP contribution in [0.3, 0.4) is 0 Å². The predicted molar refractivity (Wildman–Crippen MR) is 105 cm³/mol. The molecule has 0 unspecified atom stereocenters. The molecule has 1 aromatic heterocycles. The van der Waals surface area contributed by atoms with Crippen molar-refractivity contribution in [3.05, 3.63) is 70.9 Å². The van der Waals surface area contributed by atoms with Crippen molar-refractivity contribution >= 4 is 23.8 Å². The number of nitrogens with one attached hydrogen (secondary N) is 1. The van der Waals surface area contributed by atoms with Crippen LogP contribution in [0.1, 0.15) is 16.1 Å². The number of rotatable bonds is 8. The molecule has 0 saturated carbocycles. The lowest BCUT2D eigenvalue weighted by Gasteiger charge is -2.11. The van der Waals surface area contributed by atoms with Crippen molar-refractivity contribution < 1.29 is 23.5 Å². The van der Waals surface area contributed by atoms with Gasteiger partial charge in [-0.1, -0.05) is 11.6 Å². The van der Waals surface area contributed by atoms with Crippen LogP contribution in [0.5, 0.6) is 11.5 Å². The smallest absolute Gasteiger partial charge is 0.258 e. The molecule has 0 saturated heterocycles. The molecule has 2 aromatic carbocycles. The minimum atomic E-state index is -0.314. The summed E-state index contributed by atoms with van der Waals surface area (Å²) in [7, 11) is 1.46. The highest BCUT2D eigenvalue weighted by Crippen LogP contribution is 2.27. The van der Waals surface area contributed by atoms with E-state index in [2.05, 4.69) is 5.32 Å². The number of furan rings is 1. The Bertz CT molecular complexity index is 965. The Morgan fingerprint density at radius 2 is 1.89 bits per heavy atom. The van der Waals surface area contributed by atoms with Gasteiger partial charge in [-0.2, -0.15) is 0 Å². The van der Waals surface area contributed by atoms with Crippen molar-refractivity contribution in [2.75, 3.05) is 13.7 Å². The van der Waals surface area contributed by atoms with Gasteiger partial charge < -0.3 is 19.2 Å². The Labute approximate surface area is 167 Å². The summed E-state index contributed by atoms with van der Waals surface area (Å²) in [5, 5.41) is 3.38. The maximum Gasteiger partial charge on any atom is 0.258 e. The van der Waals surface area contributed by atoms with E-state index in [-0.39, 0.29) is 19.1 Å². The van der Waals surface area contributed by atoms with Crippen LogP contribution in [0, 0.1) is 0 Å². The summed E-state index contributed by atoms with van der Waals surface area (Å²) in [5.74, 6) is 1.76. The fourth-order valence-electron chi connectivity index (χ4n) is 2.50. The second-order valence-electron chi connectivity index (χ2n) is 5.87. The number of carbonyl (C=O) groups is 2. The zero-order valence-electron chi connectivity index (χ0n) is 15.1. The average molecular weight is 400 g/mol. The summed E-state index contributed by atoms with van der Waals surface area (Å²) >= 11 is 5.88. The molecule has 0 aliphatic heterocycles. The first-order valence-electron chi connectivity index (χ1n) is 8.46. The summed E-state index contributed by atoms with van der Waals surface area (Å²) in [6.07, 6.45) is 0.709. The van der Waals surface area contributed by atoms with E-state index in [1.807, 2.05) is 18.2 Å². The Morgan fingerprint density at radius 3 is 2.61 bits per heavy atom. The third-order valence-electron chi connectivity index (χ3n) is 3.93. The molecular weight excluding hydrogens is 382 g/mol. The molecule has 1 heterocycles. The standard InChI is InChI=1S/C21H18ClNO5/c1-26-20-10-14(12-24)2-8-19(20)27-13-21(25)23-11-17-7-9-18(28-17)15-3-5-16(22)6-4-15/h2-10,12H,11,13H2,1H3,(H,23,25). The SMILES string of the molecule is COc1cc(C=O)ccc1OCC(=O)NCc1ccc(-c2ccc(Cl)cc2)o1. The van der Waals surface area contributed by atoms with Gasteiger partial charge in [-0.25, -0.2) is 0 Å². The topological polar surface area (TPSA) is 77.8 Å². The average Bonchev–Trinajstić information content (AvgIpc) is 3.20. The summed E-state index contributed by atoms with van der Waals surface area (Å²) in [4.78, 5) is 22.8. The van der Waals surface area contributed by atoms with E-state index < -0.39 is 0 Å². The molecule has 0 aliphatic carbocycles. The monoisotopic (exact) mass is 399 g/mol. The fraction of sp³-hybridized carbons (Fsp3) is 0.143. The molecule has 0 fully saturated rings. The summed E-state index contributed by atoms with van der Waals surface area (Å²) in [5.41, 5.74) is 1.36. The number of halogens is 1. The zero-order chi connectivity index (χ0) is 19.9. The summed E-state index contributed by atoms with van der Waals surface area (Å²) < 4.78 is 16.4. The molecule has 1 amide bonds. The molecule has 3 rings (SSSR count). The second-order valence-corrected chi connectivity index (χ2v) is 6.30. The second kappa shape index (κ2) is 9.10.